The van der Waals surface area contributed by atoms with Gasteiger partial charge in [-0.1, -0.05) is 18.2 Å². The molecule has 0 atom stereocenters. The van der Waals surface area contributed by atoms with Gasteiger partial charge in [-0.15, -0.1) is 0 Å². The molecule has 0 spiro atoms. The van der Waals surface area contributed by atoms with E-state index in [-0.39, 0.29) is 5.78 Å². The number of allylic oxidation sites excluding steroid dienone is 1. The Morgan fingerprint density at radius 2 is 2.11 bits per heavy atom. The Morgan fingerprint density at radius 3 is 2.84 bits per heavy atom. The molecule has 0 radical (unpaired) electrons. The monoisotopic (exact) mass is 254 g/mol. The molecular formula is C15H14N2O2. The molecule has 2 aromatic rings. The molecule has 0 saturated heterocycles. The van der Waals surface area contributed by atoms with Gasteiger partial charge in [-0.05, 0) is 25.0 Å². The summed E-state index contributed by atoms with van der Waals surface area (Å²) in [6.45, 7) is 0.695. The maximum absolute atomic E-state index is 12.2. The maximum atomic E-state index is 12.2. The Labute approximate surface area is 111 Å². The fraction of sp³-hybridized carbons (Fsp3) is 0.200. The molecular weight excluding hydrogens is 240 g/mol. The molecule has 1 aromatic carbocycles. The summed E-state index contributed by atoms with van der Waals surface area (Å²) in [4.78, 5) is 12.2. The summed E-state index contributed by atoms with van der Waals surface area (Å²) in [6, 6.07) is 9.73. The summed E-state index contributed by atoms with van der Waals surface area (Å²) in [5.74, 6) is 0.00174. The molecule has 0 unspecified atom stereocenters. The summed E-state index contributed by atoms with van der Waals surface area (Å²) >= 11 is 0. The summed E-state index contributed by atoms with van der Waals surface area (Å²) in [7, 11) is 0. The van der Waals surface area contributed by atoms with Crippen molar-refractivity contribution in [3.05, 3.63) is 60.1 Å². The number of hydrogen-bond acceptors (Lipinski definition) is 3. The minimum Gasteiger partial charge on any atom is -0.501 e. The molecule has 0 bridgehead atoms. The van der Waals surface area contributed by atoms with E-state index in [4.69, 9.17) is 4.74 Å². The van der Waals surface area contributed by atoms with Crippen LogP contribution in [0, 0.1) is 0 Å². The van der Waals surface area contributed by atoms with Crippen molar-refractivity contribution in [3.8, 4) is 5.69 Å². The molecule has 0 saturated carbocycles. The van der Waals surface area contributed by atoms with Crippen molar-refractivity contribution in [2.24, 2.45) is 0 Å². The van der Waals surface area contributed by atoms with E-state index in [0.717, 1.165) is 24.1 Å². The second-order valence-corrected chi connectivity index (χ2v) is 4.46. The number of carbonyl (C=O) groups is 1. The molecule has 19 heavy (non-hydrogen) atoms. The summed E-state index contributed by atoms with van der Waals surface area (Å²) in [5, 5.41) is 4.23. The zero-order valence-corrected chi connectivity index (χ0v) is 10.5. The van der Waals surface area contributed by atoms with Crippen LogP contribution in [0.4, 0.5) is 0 Å². The largest absolute Gasteiger partial charge is 0.501 e. The van der Waals surface area contributed by atoms with Gasteiger partial charge in [-0.2, -0.15) is 5.10 Å². The number of ether oxygens (including phenoxy) is 1. The number of rotatable bonds is 3. The summed E-state index contributed by atoms with van der Waals surface area (Å²) in [6.07, 6.45) is 6.60. The maximum Gasteiger partial charge on any atom is 0.195 e. The normalized spacial score (nSPS) is 14.6. The van der Waals surface area contributed by atoms with Crippen molar-refractivity contribution in [2.45, 2.75) is 12.8 Å². The molecule has 0 aliphatic carbocycles. The number of Topliss-reactive ketones (excluding diaryl/α,β-unsaturated/α-hetero) is 1. The Kier molecular flexibility index (Phi) is 3.14. The highest BCUT2D eigenvalue weighted by atomic mass is 16.5. The van der Waals surface area contributed by atoms with Gasteiger partial charge in [-0.25, -0.2) is 4.68 Å². The van der Waals surface area contributed by atoms with Gasteiger partial charge in [0, 0.05) is 11.8 Å². The molecule has 1 aromatic heterocycles. The first kappa shape index (κ1) is 11.7. The quantitative estimate of drug-likeness (QED) is 0.791. The Morgan fingerprint density at radius 1 is 1.26 bits per heavy atom. The zero-order chi connectivity index (χ0) is 13.1. The Bertz CT molecular complexity index is 614. The number of benzene rings is 1. The van der Waals surface area contributed by atoms with E-state index in [1.165, 1.54) is 0 Å². The third kappa shape index (κ3) is 2.42. The van der Waals surface area contributed by atoms with E-state index >= 15 is 0 Å². The second kappa shape index (κ2) is 5.10. The number of nitrogens with zero attached hydrogens (tertiary/aromatic N) is 2. The molecule has 1 aliphatic heterocycles. The van der Waals surface area contributed by atoms with Gasteiger partial charge in [0.05, 0.1) is 30.3 Å². The zero-order valence-electron chi connectivity index (χ0n) is 10.5. The number of para-hydroxylation sites is 1. The van der Waals surface area contributed by atoms with Crippen LogP contribution < -0.4 is 0 Å². The molecule has 4 heteroatoms. The van der Waals surface area contributed by atoms with Crippen LogP contribution in [-0.2, 0) is 4.74 Å². The topological polar surface area (TPSA) is 44.1 Å². The minimum atomic E-state index is 0.00174. The Hall–Kier alpha value is -2.36. The van der Waals surface area contributed by atoms with Crippen LogP contribution in [-0.4, -0.2) is 22.2 Å². The smallest absolute Gasteiger partial charge is 0.195 e. The van der Waals surface area contributed by atoms with Crippen LogP contribution in [0.3, 0.4) is 0 Å². The molecule has 0 N–H and O–H groups in total. The van der Waals surface area contributed by atoms with Crippen LogP contribution in [0.25, 0.3) is 5.69 Å². The second-order valence-electron chi connectivity index (χ2n) is 4.46. The highest BCUT2D eigenvalue weighted by Crippen LogP contribution is 2.18. The van der Waals surface area contributed by atoms with Gasteiger partial charge in [0.15, 0.2) is 5.78 Å². The lowest BCUT2D eigenvalue weighted by Gasteiger charge is -2.11. The van der Waals surface area contributed by atoms with Gasteiger partial charge < -0.3 is 4.74 Å². The number of hydrogen-bond donors (Lipinski definition) is 0. The lowest BCUT2D eigenvalue weighted by molar-refractivity contribution is 0.101. The van der Waals surface area contributed by atoms with Gasteiger partial charge >= 0.3 is 0 Å². The molecule has 4 nitrogen and oxygen atoms in total. The molecule has 0 fully saturated rings. The summed E-state index contributed by atoms with van der Waals surface area (Å²) in [5.41, 5.74) is 2.26. The van der Waals surface area contributed by atoms with Crippen LogP contribution in [0.2, 0.25) is 0 Å². The van der Waals surface area contributed by atoms with Crippen molar-refractivity contribution in [1.82, 2.24) is 9.78 Å². The predicted molar refractivity (Wildman–Crippen MR) is 71.2 cm³/mol. The van der Waals surface area contributed by atoms with E-state index in [1.807, 2.05) is 30.3 Å². The van der Waals surface area contributed by atoms with Crippen LogP contribution >= 0.6 is 0 Å². The molecule has 3 rings (SSSR count). The highest BCUT2D eigenvalue weighted by molar-refractivity contribution is 6.08. The fourth-order valence-electron chi connectivity index (χ4n) is 2.08. The van der Waals surface area contributed by atoms with E-state index in [9.17, 15) is 4.79 Å². The van der Waals surface area contributed by atoms with Crippen molar-refractivity contribution in [3.63, 3.8) is 0 Å². The highest BCUT2D eigenvalue weighted by Gasteiger charge is 2.17. The average Bonchev–Trinajstić information content (AvgIpc) is 2.98. The average molecular weight is 254 g/mol. The van der Waals surface area contributed by atoms with Crippen LogP contribution in [0.5, 0.6) is 0 Å². The van der Waals surface area contributed by atoms with Gasteiger partial charge in [0.25, 0.3) is 0 Å². The number of ketones is 1. The van der Waals surface area contributed by atoms with E-state index in [1.54, 1.807) is 23.3 Å². The SMILES string of the molecule is O=C(C1=COCCC1)c1cnn(-c2ccccc2)c1. The van der Waals surface area contributed by atoms with Crippen molar-refractivity contribution in [2.75, 3.05) is 6.61 Å². The molecule has 1 aliphatic rings. The third-order valence-electron chi connectivity index (χ3n) is 3.09. The molecule has 0 amide bonds. The van der Waals surface area contributed by atoms with E-state index in [2.05, 4.69) is 5.10 Å². The first-order chi connectivity index (χ1) is 9.34. The number of aromatic nitrogens is 2. The standard InChI is InChI=1S/C15H14N2O2/c18-15(12-5-4-8-19-11-12)13-9-16-17(10-13)14-6-2-1-3-7-14/h1-3,6-7,9-11H,4-5,8H2. The van der Waals surface area contributed by atoms with Crippen LogP contribution in [0.15, 0.2) is 54.6 Å². The van der Waals surface area contributed by atoms with Gasteiger partial charge in [-0.3, -0.25) is 4.79 Å². The Balaban J connectivity index is 1.85. The third-order valence-corrected chi connectivity index (χ3v) is 3.09. The van der Waals surface area contributed by atoms with Crippen LogP contribution in [0.1, 0.15) is 23.2 Å². The predicted octanol–water partition coefficient (Wildman–Crippen LogP) is 2.75. The number of carbonyl (C=O) groups excluding carboxylic acids is 1. The minimum absolute atomic E-state index is 0.00174. The van der Waals surface area contributed by atoms with Gasteiger partial charge in [0.2, 0.25) is 0 Å². The van der Waals surface area contributed by atoms with Crippen molar-refractivity contribution < 1.29 is 9.53 Å². The van der Waals surface area contributed by atoms with Gasteiger partial charge in [0.1, 0.15) is 0 Å². The molecule has 96 valence electrons. The lowest BCUT2D eigenvalue weighted by atomic mass is 10.0. The first-order valence-electron chi connectivity index (χ1n) is 6.30. The molecule has 2 heterocycles. The van der Waals surface area contributed by atoms with Crippen molar-refractivity contribution >= 4 is 5.78 Å². The lowest BCUT2D eigenvalue weighted by Crippen LogP contribution is -2.08. The van der Waals surface area contributed by atoms with Crippen molar-refractivity contribution in [1.29, 1.82) is 0 Å². The first-order valence-corrected chi connectivity index (χ1v) is 6.30. The van der Waals surface area contributed by atoms with E-state index < -0.39 is 0 Å². The van der Waals surface area contributed by atoms with E-state index in [0.29, 0.717) is 12.2 Å². The fourth-order valence-corrected chi connectivity index (χ4v) is 2.08. The summed E-state index contributed by atoms with van der Waals surface area (Å²) < 4.78 is 6.91.